The number of aliphatic hydroxyl groups is 1. The third-order valence-electron chi connectivity index (χ3n) is 4.40. The van der Waals surface area contributed by atoms with Crippen molar-refractivity contribution in [2.75, 3.05) is 6.61 Å². The number of allylic oxidation sites excluding steroid dienone is 9. The lowest BCUT2D eigenvalue weighted by atomic mass is 9.72. The maximum atomic E-state index is 8.99. The van der Waals surface area contributed by atoms with E-state index in [4.69, 9.17) is 5.11 Å². The van der Waals surface area contributed by atoms with Gasteiger partial charge in [-0.25, -0.2) is 0 Å². The summed E-state index contributed by atoms with van der Waals surface area (Å²) in [5, 5.41) is 8.99. The van der Waals surface area contributed by atoms with Gasteiger partial charge in [-0.15, -0.1) is 0 Å². The average Bonchev–Trinajstić information content (AvgIpc) is 2.46. The third-order valence-corrected chi connectivity index (χ3v) is 4.40. The molecule has 1 rings (SSSR count). The van der Waals surface area contributed by atoms with Crippen LogP contribution < -0.4 is 0 Å². The fourth-order valence-corrected chi connectivity index (χ4v) is 2.88. The minimum Gasteiger partial charge on any atom is -0.392 e. The summed E-state index contributed by atoms with van der Waals surface area (Å²) in [6.45, 7) is 13.3. The van der Waals surface area contributed by atoms with Gasteiger partial charge in [-0.1, -0.05) is 60.9 Å². The van der Waals surface area contributed by atoms with Crippen molar-refractivity contribution in [2.24, 2.45) is 5.41 Å². The molecule has 1 aliphatic carbocycles. The molecule has 0 radical (unpaired) electrons. The molecule has 0 saturated carbocycles. The van der Waals surface area contributed by atoms with Crippen LogP contribution in [0.1, 0.15) is 60.8 Å². The Kier molecular flexibility index (Phi) is 7.09. The second kappa shape index (κ2) is 8.33. The van der Waals surface area contributed by atoms with Gasteiger partial charge in [-0.3, -0.25) is 0 Å². The van der Waals surface area contributed by atoms with E-state index in [2.05, 4.69) is 52.8 Å². The minimum absolute atomic E-state index is 0.120. The summed E-state index contributed by atoms with van der Waals surface area (Å²) < 4.78 is 0. The molecule has 0 aromatic carbocycles. The largest absolute Gasteiger partial charge is 0.392 e. The summed E-state index contributed by atoms with van der Waals surface area (Å²) in [4.78, 5) is 0. The Labute approximate surface area is 136 Å². The SMILES string of the molecule is CC1=C(/C=C(C)/C=C/C(C)=C/C=C(\C)CO)C(C)(C)CCC1. The van der Waals surface area contributed by atoms with Crippen LogP contribution in [0.25, 0.3) is 0 Å². The molecule has 0 aromatic heterocycles. The predicted octanol–water partition coefficient (Wildman–Crippen LogP) is 5.90. The maximum absolute atomic E-state index is 8.99. The van der Waals surface area contributed by atoms with Crippen LogP contribution in [0.5, 0.6) is 0 Å². The van der Waals surface area contributed by atoms with Crippen molar-refractivity contribution in [1.29, 1.82) is 0 Å². The summed E-state index contributed by atoms with van der Waals surface area (Å²) in [5.41, 5.74) is 6.80. The molecule has 0 saturated heterocycles. The summed E-state index contributed by atoms with van der Waals surface area (Å²) in [6, 6.07) is 0. The first-order valence-electron chi connectivity index (χ1n) is 8.28. The monoisotopic (exact) mass is 300 g/mol. The molecule has 1 nitrogen and oxygen atoms in total. The first kappa shape index (κ1) is 18.7. The predicted molar refractivity (Wildman–Crippen MR) is 97.8 cm³/mol. The van der Waals surface area contributed by atoms with Gasteiger partial charge in [0.15, 0.2) is 0 Å². The Balaban J connectivity index is 2.88. The Hall–Kier alpha value is -1.34. The third kappa shape index (κ3) is 5.81. The second-order valence-corrected chi connectivity index (χ2v) is 7.23. The minimum atomic E-state index is 0.120. The van der Waals surface area contributed by atoms with Crippen LogP contribution in [0.3, 0.4) is 0 Å². The van der Waals surface area contributed by atoms with Gasteiger partial charge in [0.25, 0.3) is 0 Å². The number of hydrogen-bond acceptors (Lipinski definition) is 1. The lowest BCUT2D eigenvalue weighted by Gasteiger charge is -2.33. The van der Waals surface area contributed by atoms with E-state index in [1.54, 1.807) is 0 Å². The van der Waals surface area contributed by atoms with Crippen molar-refractivity contribution in [2.45, 2.75) is 60.8 Å². The highest BCUT2D eigenvalue weighted by Crippen LogP contribution is 2.41. The van der Waals surface area contributed by atoms with Crippen molar-refractivity contribution < 1.29 is 5.11 Å². The van der Waals surface area contributed by atoms with Gasteiger partial charge >= 0.3 is 0 Å². The first-order chi connectivity index (χ1) is 10.3. The van der Waals surface area contributed by atoms with Gasteiger partial charge in [-0.2, -0.15) is 0 Å². The summed E-state index contributed by atoms with van der Waals surface area (Å²) in [7, 11) is 0. The van der Waals surface area contributed by atoms with Crippen LogP contribution in [0.15, 0.2) is 58.2 Å². The highest BCUT2D eigenvalue weighted by atomic mass is 16.3. The van der Waals surface area contributed by atoms with Gasteiger partial charge in [0.1, 0.15) is 0 Å². The average molecular weight is 300 g/mol. The number of aliphatic hydroxyl groups excluding tert-OH is 1. The smallest absolute Gasteiger partial charge is 0.0642 e. The quantitative estimate of drug-likeness (QED) is 0.627. The lowest BCUT2D eigenvalue weighted by Crippen LogP contribution is -2.19. The topological polar surface area (TPSA) is 20.2 Å². The first-order valence-corrected chi connectivity index (χ1v) is 8.28. The van der Waals surface area contributed by atoms with Gasteiger partial charge in [0.2, 0.25) is 0 Å². The zero-order chi connectivity index (χ0) is 16.8. The molecule has 0 aromatic rings. The molecule has 1 N–H and O–H groups in total. The molecule has 0 aliphatic heterocycles. The van der Waals surface area contributed by atoms with E-state index in [1.807, 2.05) is 19.1 Å². The van der Waals surface area contributed by atoms with Crippen LogP contribution >= 0.6 is 0 Å². The van der Waals surface area contributed by atoms with E-state index >= 15 is 0 Å². The van der Waals surface area contributed by atoms with Crippen LogP contribution in [0.2, 0.25) is 0 Å². The van der Waals surface area contributed by atoms with E-state index in [0.29, 0.717) is 5.41 Å². The molecular formula is C21H32O. The maximum Gasteiger partial charge on any atom is 0.0642 e. The van der Waals surface area contributed by atoms with E-state index in [1.165, 1.54) is 41.6 Å². The molecule has 0 fully saturated rings. The fraction of sp³-hybridized carbons (Fsp3) is 0.524. The van der Waals surface area contributed by atoms with Gasteiger partial charge < -0.3 is 5.11 Å². The summed E-state index contributed by atoms with van der Waals surface area (Å²) in [6.07, 6.45) is 14.5. The normalized spacial score (nSPS) is 21.0. The van der Waals surface area contributed by atoms with Crippen molar-refractivity contribution >= 4 is 0 Å². The van der Waals surface area contributed by atoms with Crippen molar-refractivity contribution in [3.05, 3.63) is 58.2 Å². The molecule has 0 spiro atoms. The van der Waals surface area contributed by atoms with Crippen molar-refractivity contribution in [3.63, 3.8) is 0 Å². The Morgan fingerprint density at radius 3 is 2.32 bits per heavy atom. The summed E-state index contributed by atoms with van der Waals surface area (Å²) in [5.74, 6) is 0. The Bertz CT molecular complexity index is 536. The van der Waals surface area contributed by atoms with Crippen molar-refractivity contribution in [1.82, 2.24) is 0 Å². The van der Waals surface area contributed by atoms with Crippen LogP contribution in [-0.2, 0) is 0 Å². The molecule has 22 heavy (non-hydrogen) atoms. The van der Waals surface area contributed by atoms with E-state index in [9.17, 15) is 0 Å². The van der Waals surface area contributed by atoms with Crippen molar-refractivity contribution in [3.8, 4) is 0 Å². The second-order valence-electron chi connectivity index (χ2n) is 7.23. The van der Waals surface area contributed by atoms with Crippen LogP contribution in [0.4, 0.5) is 0 Å². The van der Waals surface area contributed by atoms with Crippen LogP contribution in [0, 0.1) is 5.41 Å². The lowest BCUT2D eigenvalue weighted by molar-refractivity contribution is 0.331. The number of hydrogen-bond donors (Lipinski definition) is 1. The fourth-order valence-electron chi connectivity index (χ4n) is 2.88. The molecule has 0 atom stereocenters. The molecule has 122 valence electrons. The van der Waals surface area contributed by atoms with Gasteiger partial charge in [0.05, 0.1) is 6.61 Å². The Morgan fingerprint density at radius 1 is 1.09 bits per heavy atom. The number of rotatable bonds is 5. The van der Waals surface area contributed by atoms with Gasteiger partial charge in [-0.05, 0) is 63.5 Å². The molecule has 1 aliphatic rings. The zero-order valence-corrected chi connectivity index (χ0v) is 15.2. The van der Waals surface area contributed by atoms with E-state index in [0.717, 1.165) is 5.57 Å². The highest BCUT2D eigenvalue weighted by molar-refractivity contribution is 5.39. The molecule has 1 heteroatoms. The van der Waals surface area contributed by atoms with E-state index < -0.39 is 0 Å². The summed E-state index contributed by atoms with van der Waals surface area (Å²) >= 11 is 0. The van der Waals surface area contributed by atoms with Crippen LogP contribution in [-0.4, -0.2) is 11.7 Å². The molecule has 0 amide bonds. The zero-order valence-electron chi connectivity index (χ0n) is 15.2. The standard InChI is InChI=1S/C21H32O/c1-16(10-12-18(3)15-22)9-11-17(2)14-20-19(4)8-7-13-21(20,5)6/h9-12,14,22H,7-8,13,15H2,1-6H3/b11-9+,16-10+,17-14+,18-12+. The molecule has 0 heterocycles. The molecule has 0 bridgehead atoms. The molecular weight excluding hydrogens is 268 g/mol. The Morgan fingerprint density at radius 2 is 1.73 bits per heavy atom. The highest BCUT2D eigenvalue weighted by Gasteiger charge is 2.26. The van der Waals surface area contributed by atoms with E-state index in [-0.39, 0.29) is 6.61 Å². The van der Waals surface area contributed by atoms with Gasteiger partial charge in [0, 0.05) is 0 Å². The molecule has 0 unspecified atom stereocenters.